The van der Waals surface area contributed by atoms with Gasteiger partial charge in [-0.3, -0.25) is 0 Å². The fourth-order valence-electron chi connectivity index (χ4n) is 1.84. The molecule has 2 atom stereocenters. The van der Waals surface area contributed by atoms with Gasteiger partial charge in [0.15, 0.2) is 0 Å². The first-order valence-electron chi connectivity index (χ1n) is 4.58. The minimum absolute atomic E-state index is 0.556. The highest BCUT2D eigenvalue weighted by atomic mass is 32.1. The van der Waals surface area contributed by atoms with Crippen LogP contribution in [-0.2, 0) is 0 Å². The molecule has 1 aliphatic heterocycles. The van der Waals surface area contributed by atoms with Crippen molar-refractivity contribution in [1.82, 2.24) is 4.90 Å². The second-order valence-electron chi connectivity index (χ2n) is 3.71. The lowest BCUT2D eigenvalue weighted by Gasteiger charge is -2.33. The van der Waals surface area contributed by atoms with Crippen LogP contribution in [0.3, 0.4) is 0 Å². The van der Waals surface area contributed by atoms with Crippen LogP contribution in [0, 0.1) is 0 Å². The van der Waals surface area contributed by atoms with Crippen molar-refractivity contribution in [1.29, 1.82) is 0 Å². The molecule has 2 heteroatoms. The Morgan fingerprint density at radius 1 is 1.55 bits per heavy atom. The van der Waals surface area contributed by atoms with Gasteiger partial charge in [0.25, 0.3) is 0 Å². The summed E-state index contributed by atoms with van der Waals surface area (Å²) in [5, 5.41) is 0.556. The molecule has 0 N–H and O–H groups in total. The summed E-state index contributed by atoms with van der Waals surface area (Å²) in [5.74, 6) is 0. The van der Waals surface area contributed by atoms with Crippen LogP contribution in [0.4, 0.5) is 0 Å². The van der Waals surface area contributed by atoms with Gasteiger partial charge >= 0.3 is 0 Å². The van der Waals surface area contributed by atoms with Crippen LogP contribution in [0.2, 0.25) is 0 Å². The van der Waals surface area contributed by atoms with Crippen LogP contribution >= 0.6 is 12.6 Å². The van der Waals surface area contributed by atoms with Crippen molar-refractivity contribution in [2.75, 3.05) is 13.6 Å². The largest absolute Gasteiger partial charge is 0.303 e. The molecule has 0 aromatic carbocycles. The number of piperidine rings is 1. The van der Waals surface area contributed by atoms with Crippen molar-refractivity contribution in [3.63, 3.8) is 0 Å². The molecule has 0 bridgehead atoms. The molecule has 0 aromatic rings. The molecule has 1 heterocycles. The van der Waals surface area contributed by atoms with Gasteiger partial charge in [-0.25, -0.2) is 0 Å². The van der Waals surface area contributed by atoms with E-state index in [9.17, 15) is 0 Å². The Kier molecular flexibility index (Phi) is 3.73. The second-order valence-corrected chi connectivity index (χ2v) is 4.60. The summed E-state index contributed by atoms with van der Waals surface area (Å²) in [6.07, 6.45) is 5.42. The third-order valence-electron chi connectivity index (χ3n) is 2.53. The Balaban J connectivity index is 2.29. The van der Waals surface area contributed by atoms with E-state index in [2.05, 4.69) is 31.5 Å². The van der Waals surface area contributed by atoms with E-state index in [-0.39, 0.29) is 0 Å². The number of hydrogen-bond donors (Lipinski definition) is 1. The van der Waals surface area contributed by atoms with Crippen LogP contribution in [-0.4, -0.2) is 29.8 Å². The highest BCUT2D eigenvalue weighted by molar-refractivity contribution is 7.80. The summed E-state index contributed by atoms with van der Waals surface area (Å²) in [4.78, 5) is 2.48. The predicted molar refractivity (Wildman–Crippen MR) is 53.3 cm³/mol. The van der Waals surface area contributed by atoms with Crippen LogP contribution in [0.1, 0.15) is 32.6 Å². The monoisotopic (exact) mass is 173 g/mol. The topological polar surface area (TPSA) is 3.24 Å². The third-order valence-corrected chi connectivity index (χ3v) is 2.75. The molecule has 66 valence electrons. The zero-order chi connectivity index (χ0) is 8.27. The minimum Gasteiger partial charge on any atom is -0.303 e. The molecule has 0 aliphatic carbocycles. The quantitative estimate of drug-likeness (QED) is 0.626. The first kappa shape index (κ1) is 9.40. The van der Waals surface area contributed by atoms with E-state index in [0.717, 1.165) is 6.04 Å². The summed E-state index contributed by atoms with van der Waals surface area (Å²) < 4.78 is 0. The molecule has 1 nitrogen and oxygen atoms in total. The lowest BCUT2D eigenvalue weighted by molar-refractivity contribution is 0.177. The Morgan fingerprint density at radius 2 is 2.27 bits per heavy atom. The predicted octanol–water partition coefficient (Wildman–Crippen LogP) is 2.18. The first-order chi connectivity index (χ1) is 5.20. The fourth-order valence-corrected chi connectivity index (χ4v) is 2.08. The molecular formula is C9H19NS. The average Bonchev–Trinajstić information content (AvgIpc) is 1.93. The van der Waals surface area contributed by atoms with Crippen LogP contribution < -0.4 is 0 Å². The van der Waals surface area contributed by atoms with Crippen LogP contribution in [0.5, 0.6) is 0 Å². The zero-order valence-electron chi connectivity index (χ0n) is 7.58. The van der Waals surface area contributed by atoms with Crippen molar-refractivity contribution in [2.45, 2.75) is 43.9 Å². The Labute approximate surface area is 75.6 Å². The number of hydrogen-bond acceptors (Lipinski definition) is 2. The maximum absolute atomic E-state index is 4.42. The highest BCUT2D eigenvalue weighted by Crippen LogP contribution is 2.20. The number of nitrogens with zero attached hydrogens (tertiary/aromatic N) is 1. The summed E-state index contributed by atoms with van der Waals surface area (Å²) in [6, 6.07) is 0.802. The first-order valence-corrected chi connectivity index (χ1v) is 5.10. The summed E-state index contributed by atoms with van der Waals surface area (Å²) >= 11 is 4.42. The van der Waals surface area contributed by atoms with Crippen LogP contribution in [0.25, 0.3) is 0 Å². The average molecular weight is 173 g/mol. The zero-order valence-corrected chi connectivity index (χ0v) is 8.48. The van der Waals surface area contributed by atoms with E-state index in [1.807, 2.05) is 0 Å². The summed E-state index contributed by atoms with van der Waals surface area (Å²) in [6.45, 7) is 3.47. The van der Waals surface area contributed by atoms with Crippen molar-refractivity contribution < 1.29 is 0 Å². The van der Waals surface area contributed by atoms with Gasteiger partial charge in [0.1, 0.15) is 0 Å². The second kappa shape index (κ2) is 4.36. The van der Waals surface area contributed by atoms with Gasteiger partial charge < -0.3 is 4.90 Å². The normalized spacial score (nSPS) is 30.3. The lowest BCUT2D eigenvalue weighted by atomic mass is 9.99. The molecule has 2 unspecified atom stereocenters. The Bertz CT molecular complexity index is 114. The molecule has 1 rings (SSSR count). The van der Waals surface area contributed by atoms with E-state index >= 15 is 0 Å². The van der Waals surface area contributed by atoms with Gasteiger partial charge in [-0.15, -0.1) is 0 Å². The van der Waals surface area contributed by atoms with Crippen molar-refractivity contribution >= 4 is 12.6 Å². The van der Waals surface area contributed by atoms with Crippen molar-refractivity contribution in [3.8, 4) is 0 Å². The van der Waals surface area contributed by atoms with E-state index in [4.69, 9.17) is 0 Å². The van der Waals surface area contributed by atoms with E-state index in [1.165, 1.54) is 32.2 Å². The molecule has 0 radical (unpaired) electrons. The Morgan fingerprint density at radius 3 is 2.82 bits per heavy atom. The molecule has 1 aliphatic rings. The van der Waals surface area contributed by atoms with Gasteiger partial charge in [0, 0.05) is 11.3 Å². The van der Waals surface area contributed by atoms with Crippen LogP contribution in [0.15, 0.2) is 0 Å². The number of likely N-dealkylation sites (tertiary alicyclic amines) is 1. The molecule has 0 saturated carbocycles. The van der Waals surface area contributed by atoms with Gasteiger partial charge in [-0.05, 0) is 32.9 Å². The van der Waals surface area contributed by atoms with Gasteiger partial charge in [-0.2, -0.15) is 12.6 Å². The van der Waals surface area contributed by atoms with E-state index in [1.54, 1.807) is 0 Å². The van der Waals surface area contributed by atoms with Crippen molar-refractivity contribution in [2.24, 2.45) is 0 Å². The molecule has 0 amide bonds. The van der Waals surface area contributed by atoms with E-state index in [0.29, 0.717) is 5.25 Å². The highest BCUT2D eigenvalue weighted by Gasteiger charge is 2.19. The smallest absolute Gasteiger partial charge is 0.0103 e. The van der Waals surface area contributed by atoms with Gasteiger partial charge in [-0.1, -0.05) is 13.3 Å². The van der Waals surface area contributed by atoms with Gasteiger partial charge in [0.05, 0.1) is 0 Å². The number of thiol groups is 1. The maximum Gasteiger partial charge on any atom is 0.0103 e. The molecule has 1 fully saturated rings. The molecule has 11 heavy (non-hydrogen) atoms. The molecule has 0 aromatic heterocycles. The molecule has 1 saturated heterocycles. The lowest BCUT2D eigenvalue weighted by Crippen LogP contribution is -2.37. The maximum atomic E-state index is 4.42. The molecule has 0 spiro atoms. The SMILES string of the molecule is CC(S)CC1CCCCN1C. The van der Waals surface area contributed by atoms with Crippen molar-refractivity contribution in [3.05, 3.63) is 0 Å². The number of rotatable bonds is 2. The summed E-state index contributed by atoms with van der Waals surface area (Å²) in [5.41, 5.74) is 0. The molecular weight excluding hydrogens is 154 g/mol. The fraction of sp³-hybridized carbons (Fsp3) is 1.00. The summed E-state index contributed by atoms with van der Waals surface area (Å²) in [7, 11) is 2.24. The third kappa shape index (κ3) is 3.04. The van der Waals surface area contributed by atoms with Gasteiger partial charge in [0.2, 0.25) is 0 Å². The standard InChI is InChI=1S/C9H19NS/c1-8(11)7-9-5-3-4-6-10(9)2/h8-9,11H,3-7H2,1-2H3. The van der Waals surface area contributed by atoms with E-state index < -0.39 is 0 Å². The minimum atomic E-state index is 0.556. The Hall–Kier alpha value is 0.310.